The Morgan fingerprint density at radius 1 is 1.00 bits per heavy atom. The molecule has 0 radical (unpaired) electrons. The van der Waals surface area contributed by atoms with Gasteiger partial charge in [-0.2, -0.15) is 0 Å². The summed E-state index contributed by atoms with van der Waals surface area (Å²) in [7, 11) is -2.46. The van der Waals surface area contributed by atoms with Crippen molar-refractivity contribution in [2.24, 2.45) is 0 Å². The van der Waals surface area contributed by atoms with Crippen molar-refractivity contribution in [3.8, 4) is 11.5 Å². The first kappa shape index (κ1) is 24.2. The van der Waals surface area contributed by atoms with Gasteiger partial charge in [0.1, 0.15) is 11.5 Å². The van der Waals surface area contributed by atoms with Crippen LogP contribution in [0.3, 0.4) is 0 Å². The fraction of sp³-hybridized carbons (Fsp3) is 0.200. The Hall–Kier alpha value is -3.89. The highest BCUT2D eigenvalue weighted by Crippen LogP contribution is 2.33. The summed E-state index contributed by atoms with van der Waals surface area (Å²) in [5.74, 6) is -0.266. The standard InChI is InChI=1S/C25H24N2O7S/c1-32-25(29)23-16-27(21-9-5-6-10-22(21)34-23)24(28)17-33-19-11-13-20(14-12-19)35(30,31)26-15-18-7-3-2-4-8-18/h2-14,23,26H,15-17H2,1H3/t23-/m0/s1. The van der Waals surface area contributed by atoms with Crippen LogP contribution in [0, 0.1) is 0 Å². The van der Waals surface area contributed by atoms with E-state index < -0.39 is 28.0 Å². The summed E-state index contributed by atoms with van der Waals surface area (Å²) in [6, 6.07) is 21.8. The molecule has 0 fully saturated rings. The lowest BCUT2D eigenvalue weighted by Crippen LogP contribution is -2.48. The minimum absolute atomic E-state index is 0.0177. The van der Waals surface area contributed by atoms with E-state index in [1.54, 1.807) is 24.3 Å². The predicted octanol–water partition coefficient (Wildman–Crippen LogP) is 2.51. The number of hydrogen-bond donors (Lipinski definition) is 1. The van der Waals surface area contributed by atoms with Crippen LogP contribution in [0.25, 0.3) is 0 Å². The van der Waals surface area contributed by atoms with Crippen LogP contribution >= 0.6 is 0 Å². The van der Waals surface area contributed by atoms with Gasteiger partial charge in [0.15, 0.2) is 6.61 Å². The van der Waals surface area contributed by atoms with Gasteiger partial charge in [-0.05, 0) is 42.0 Å². The van der Waals surface area contributed by atoms with Gasteiger partial charge in [0.2, 0.25) is 16.1 Å². The number of rotatable bonds is 8. The number of amides is 1. The van der Waals surface area contributed by atoms with E-state index in [1.165, 1.54) is 36.3 Å². The molecule has 0 saturated heterocycles. The molecule has 3 aromatic rings. The maximum Gasteiger partial charge on any atom is 0.348 e. The SMILES string of the molecule is COC(=O)[C@@H]1CN(C(=O)COc2ccc(S(=O)(=O)NCc3ccccc3)cc2)c2ccccc2O1. The molecular formula is C25H24N2O7S. The van der Waals surface area contributed by atoms with Gasteiger partial charge in [-0.1, -0.05) is 42.5 Å². The molecule has 0 aliphatic carbocycles. The van der Waals surface area contributed by atoms with Crippen LogP contribution < -0.4 is 19.1 Å². The summed E-state index contributed by atoms with van der Waals surface area (Å²) < 4.78 is 43.7. The number of anilines is 1. The fourth-order valence-electron chi connectivity index (χ4n) is 3.52. The molecule has 35 heavy (non-hydrogen) atoms. The molecule has 1 amide bonds. The second-order valence-corrected chi connectivity index (χ2v) is 9.44. The number of sulfonamides is 1. The molecule has 0 aromatic heterocycles. The molecular weight excluding hydrogens is 472 g/mol. The minimum Gasteiger partial charge on any atom is -0.484 e. The summed E-state index contributed by atoms with van der Waals surface area (Å²) in [5.41, 5.74) is 1.36. The Morgan fingerprint density at radius 3 is 2.40 bits per heavy atom. The van der Waals surface area contributed by atoms with E-state index in [9.17, 15) is 18.0 Å². The van der Waals surface area contributed by atoms with Gasteiger partial charge >= 0.3 is 5.97 Å². The van der Waals surface area contributed by atoms with Crippen molar-refractivity contribution in [2.75, 3.05) is 25.2 Å². The van der Waals surface area contributed by atoms with Crippen LogP contribution in [0.1, 0.15) is 5.56 Å². The zero-order chi connectivity index (χ0) is 24.8. The maximum atomic E-state index is 12.9. The van der Waals surface area contributed by atoms with Crippen molar-refractivity contribution in [3.63, 3.8) is 0 Å². The number of hydrogen-bond acceptors (Lipinski definition) is 7. The molecule has 182 valence electrons. The molecule has 1 heterocycles. The summed E-state index contributed by atoms with van der Waals surface area (Å²) in [6.07, 6.45) is -0.952. The van der Waals surface area contributed by atoms with E-state index in [-0.39, 0.29) is 24.6 Å². The monoisotopic (exact) mass is 496 g/mol. The van der Waals surface area contributed by atoms with Crippen molar-refractivity contribution >= 4 is 27.6 Å². The lowest BCUT2D eigenvalue weighted by atomic mass is 10.2. The lowest BCUT2D eigenvalue weighted by Gasteiger charge is -2.33. The molecule has 4 rings (SSSR count). The molecule has 0 bridgehead atoms. The predicted molar refractivity (Wildman–Crippen MR) is 128 cm³/mol. The smallest absolute Gasteiger partial charge is 0.348 e. The Kier molecular flexibility index (Phi) is 7.33. The Morgan fingerprint density at radius 2 is 1.69 bits per heavy atom. The summed E-state index contributed by atoms with van der Waals surface area (Å²) in [6.45, 7) is -0.166. The largest absolute Gasteiger partial charge is 0.484 e. The van der Waals surface area contributed by atoms with E-state index in [1.807, 2.05) is 30.3 Å². The normalized spacial score (nSPS) is 15.0. The Bertz CT molecular complexity index is 1290. The Labute approximate surface area is 203 Å². The third kappa shape index (κ3) is 5.79. The quantitative estimate of drug-likeness (QED) is 0.477. The second-order valence-electron chi connectivity index (χ2n) is 7.67. The maximum absolute atomic E-state index is 12.9. The number of fused-ring (bicyclic) bond motifs is 1. The molecule has 0 unspecified atom stereocenters. The van der Waals surface area contributed by atoms with Gasteiger partial charge < -0.3 is 19.1 Å². The highest BCUT2D eigenvalue weighted by molar-refractivity contribution is 7.89. The molecule has 1 aliphatic rings. The van der Waals surface area contributed by atoms with Gasteiger partial charge in [-0.15, -0.1) is 0 Å². The first-order valence-corrected chi connectivity index (χ1v) is 12.3. The van der Waals surface area contributed by atoms with Gasteiger partial charge in [0, 0.05) is 6.54 Å². The van der Waals surface area contributed by atoms with Crippen molar-refractivity contribution in [1.29, 1.82) is 0 Å². The van der Waals surface area contributed by atoms with E-state index in [0.29, 0.717) is 17.2 Å². The molecule has 1 aliphatic heterocycles. The molecule has 3 aromatic carbocycles. The third-order valence-corrected chi connectivity index (χ3v) is 6.76. The van der Waals surface area contributed by atoms with Gasteiger partial charge in [-0.3, -0.25) is 4.79 Å². The van der Waals surface area contributed by atoms with E-state index >= 15 is 0 Å². The first-order valence-electron chi connectivity index (χ1n) is 10.8. The highest BCUT2D eigenvalue weighted by Gasteiger charge is 2.34. The third-order valence-electron chi connectivity index (χ3n) is 5.34. The van der Waals surface area contributed by atoms with Gasteiger partial charge in [-0.25, -0.2) is 17.9 Å². The molecule has 0 saturated carbocycles. The topological polar surface area (TPSA) is 111 Å². The number of esters is 1. The highest BCUT2D eigenvalue weighted by atomic mass is 32.2. The number of methoxy groups -OCH3 is 1. The number of para-hydroxylation sites is 2. The van der Waals surface area contributed by atoms with Crippen molar-refractivity contribution in [2.45, 2.75) is 17.5 Å². The van der Waals surface area contributed by atoms with Crippen molar-refractivity contribution < 1.29 is 32.2 Å². The number of carbonyl (C=O) groups excluding carboxylic acids is 2. The molecule has 1 N–H and O–H groups in total. The van der Waals surface area contributed by atoms with Crippen LogP contribution in [0.5, 0.6) is 11.5 Å². The molecule has 1 atom stereocenters. The van der Waals surface area contributed by atoms with Crippen LogP contribution in [-0.2, 0) is 30.9 Å². The number of benzene rings is 3. The summed E-state index contributed by atoms with van der Waals surface area (Å²) >= 11 is 0. The van der Waals surface area contributed by atoms with E-state index in [4.69, 9.17) is 14.2 Å². The number of nitrogens with one attached hydrogen (secondary N) is 1. The zero-order valence-corrected chi connectivity index (χ0v) is 19.7. The number of ether oxygens (including phenoxy) is 3. The molecule has 0 spiro atoms. The van der Waals surface area contributed by atoms with Crippen LogP contribution in [0.15, 0.2) is 83.8 Å². The van der Waals surface area contributed by atoms with Crippen molar-refractivity contribution in [3.05, 3.63) is 84.4 Å². The Balaban J connectivity index is 1.39. The zero-order valence-electron chi connectivity index (χ0n) is 18.9. The minimum atomic E-state index is -3.71. The lowest BCUT2D eigenvalue weighted by molar-refractivity contribution is -0.148. The fourth-order valence-corrected chi connectivity index (χ4v) is 4.54. The van der Waals surface area contributed by atoms with Crippen LogP contribution in [0.4, 0.5) is 5.69 Å². The van der Waals surface area contributed by atoms with Crippen molar-refractivity contribution in [1.82, 2.24) is 4.72 Å². The first-order chi connectivity index (χ1) is 16.9. The average Bonchev–Trinajstić information content (AvgIpc) is 2.90. The van der Waals surface area contributed by atoms with Crippen LogP contribution in [0.2, 0.25) is 0 Å². The van der Waals surface area contributed by atoms with E-state index in [2.05, 4.69) is 4.72 Å². The van der Waals surface area contributed by atoms with Gasteiger partial charge in [0.25, 0.3) is 5.91 Å². The average molecular weight is 497 g/mol. The summed E-state index contributed by atoms with van der Waals surface area (Å²) in [4.78, 5) is 26.4. The van der Waals surface area contributed by atoms with Gasteiger partial charge in [0.05, 0.1) is 24.2 Å². The van der Waals surface area contributed by atoms with E-state index in [0.717, 1.165) is 5.56 Å². The molecule has 10 heteroatoms. The molecule has 9 nitrogen and oxygen atoms in total. The summed E-state index contributed by atoms with van der Waals surface area (Å²) in [5, 5.41) is 0. The van der Waals surface area contributed by atoms with Crippen LogP contribution in [-0.4, -0.2) is 46.7 Å². The number of carbonyl (C=O) groups is 2. The second kappa shape index (κ2) is 10.6. The number of nitrogens with zero attached hydrogens (tertiary/aromatic N) is 1.